The van der Waals surface area contributed by atoms with E-state index in [1.165, 1.54) is 7.11 Å². The van der Waals surface area contributed by atoms with Crippen molar-refractivity contribution in [1.82, 2.24) is 0 Å². The SMILES string of the molecule is [B]C([B])=C([B])C(=O)OC. The van der Waals surface area contributed by atoms with Gasteiger partial charge >= 0.3 is 5.97 Å². The van der Waals surface area contributed by atoms with Crippen LogP contribution in [0.4, 0.5) is 0 Å². The van der Waals surface area contributed by atoms with E-state index < -0.39 is 5.97 Å². The number of hydrogen-bond acceptors (Lipinski definition) is 2. The lowest BCUT2D eigenvalue weighted by Gasteiger charge is -2.00. The van der Waals surface area contributed by atoms with Gasteiger partial charge in [-0.05, 0) is 5.47 Å². The van der Waals surface area contributed by atoms with Crippen molar-refractivity contribution in [2.24, 2.45) is 0 Å². The second-order valence-corrected chi connectivity index (χ2v) is 1.36. The summed E-state index contributed by atoms with van der Waals surface area (Å²) in [5.41, 5.74) is -0.252. The molecule has 0 aliphatic carbocycles. The molecule has 5 heteroatoms. The molecule has 0 fully saturated rings. The van der Waals surface area contributed by atoms with Crippen molar-refractivity contribution < 1.29 is 9.53 Å². The number of rotatable bonds is 1. The average Bonchev–Trinajstić information content (AvgIpc) is 1.84. The highest BCUT2D eigenvalue weighted by Gasteiger charge is 2.01. The molecule has 0 rings (SSSR count). The second-order valence-electron chi connectivity index (χ2n) is 1.36. The summed E-state index contributed by atoms with van der Waals surface area (Å²) in [4.78, 5) is 10.4. The number of carbonyl (C=O) groups excluding carboxylic acids is 1. The minimum atomic E-state index is -0.713. The molecule has 6 radical (unpaired) electrons. The van der Waals surface area contributed by atoms with Crippen LogP contribution >= 0.6 is 0 Å². The van der Waals surface area contributed by atoms with Crippen molar-refractivity contribution in [2.45, 2.75) is 0 Å². The lowest BCUT2D eigenvalue weighted by Crippen LogP contribution is -2.07. The van der Waals surface area contributed by atoms with E-state index in [4.69, 9.17) is 23.5 Å². The van der Waals surface area contributed by atoms with Crippen molar-refractivity contribution in [3.63, 3.8) is 0 Å². The third kappa shape index (κ3) is 2.45. The molecule has 0 aliphatic heterocycles. The Morgan fingerprint density at radius 3 is 1.89 bits per heavy atom. The molecular weight excluding hydrogens is 112 g/mol. The molecule has 2 nitrogen and oxygen atoms in total. The Kier molecular flexibility index (Phi) is 3.21. The zero-order valence-electron chi connectivity index (χ0n) is 5.05. The van der Waals surface area contributed by atoms with Gasteiger partial charge in [0.15, 0.2) is 0 Å². The third-order valence-corrected chi connectivity index (χ3v) is 0.716. The Hall–Kier alpha value is -0.595. The first-order valence-corrected chi connectivity index (χ1v) is 2.18. The Balaban J connectivity index is 4.21. The van der Waals surface area contributed by atoms with Gasteiger partial charge in [0.05, 0.1) is 22.8 Å². The van der Waals surface area contributed by atoms with Crippen LogP contribution in [0.2, 0.25) is 0 Å². The first kappa shape index (κ1) is 8.40. The van der Waals surface area contributed by atoms with Crippen LogP contribution in [0.15, 0.2) is 10.8 Å². The van der Waals surface area contributed by atoms with Crippen LogP contribution in [0, 0.1) is 0 Å². The van der Waals surface area contributed by atoms with E-state index in [0.29, 0.717) is 0 Å². The molecule has 0 aromatic carbocycles. The standard InChI is InChI=1S/C4H3B3O2/c1-9-4(8)2(5)3(6)7/h1H3. The molecule has 0 aliphatic rings. The van der Waals surface area contributed by atoms with Gasteiger partial charge in [0.1, 0.15) is 7.85 Å². The van der Waals surface area contributed by atoms with E-state index >= 15 is 0 Å². The number of esters is 1. The minimum Gasteiger partial charge on any atom is -0.466 e. The molecule has 0 saturated carbocycles. The van der Waals surface area contributed by atoms with E-state index in [1.54, 1.807) is 0 Å². The fraction of sp³-hybridized carbons (Fsp3) is 0.250. The zero-order chi connectivity index (χ0) is 7.44. The maximum Gasteiger partial charge on any atom is 0.321 e. The highest BCUT2D eigenvalue weighted by molar-refractivity contribution is 6.55. The summed E-state index contributed by atoms with van der Waals surface area (Å²) < 4.78 is 4.19. The maximum atomic E-state index is 10.4. The molecule has 0 amide bonds. The van der Waals surface area contributed by atoms with Gasteiger partial charge < -0.3 is 4.74 Å². The number of ether oxygens (including phenoxy) is 1. The van der Waals surface area contributed by atoms with E-state index in [1.807, 2.05) is 0 Å². The molecule has 0 unspecified atom stereocenters. The summed E-state index contributed by atoms with van der Waals surface area (Å²) in [6.07, 6.45) is 0. The van der Waals surface area contributed by atoms with E-state index in [-0.39, 0.29) is 10.8 Å². The molecule has 0 aromatic rings. The smallest absolute Gasteiger partial charge is 0.321 e. The largest absolute Gasteiger partial charge is 0.466 e. The van der Waals surface area contributed by atoms with Gasteiger partial charge in [-0.25, -0.2) is 4.79 Å². The molecule has 40 valence electrons. The van der Waals surface area contributed by atoms with E-state index in [0.717, 1.165) is 0 Å². The lowest BCUT2D eigenvalue weighted by atomic mass is 9.69. The number of hydrogen-bond donors (Lipinski definition) is 0. The van der Waals surface area contributed by atoms with Crippen molar-refractivity contribution in [1.29, 1.82) is 0 Å². The first-order valence-electron chi connectivity index (χ1n) is 2.18. The third-order valence-electron chi connectivity index (χ3n) is 0.716. The van der Waals surface area contributed by atoms with Crippen molar-refractivity contribution >= 4 is 29.5 Å². The van der Waals surface area contributed by atoms with Crippen LogP contribution in [0.5, 0.6) is 0 Å². The van der Waals surface area contributed by atoms with Crippen molar-refractivity contribution in [2.75, 3.05) is 7.11 Å². The minimum absolute atomic E-state index is 0.221. The Labute approximate surface area is 57.9 Å². The predicted octanol–water partition coefficient (Wildman–Crippen LogP) is -1.17. The first-order chi connectivity index (χ1) is 4.09. The predicted molar refractivity (Wildman–Crippen MR) is 36.3 cm³/mol. The van der Waals surface area contributed by atoms with Gasteiger partial charge in [-0.3, -0.25) is 0 Å². The maximum absolute atomic E-state index is 10.4. The molecule has 0 N–H and O–H groups in total. The number of methoxy groups -OCH3 is 1. The van der Waals surface area contributed by atoms with Crippen LogP contribution in [-0.2, 0) is 9.53 Å². The summed E-state index contributed by atoms with van der Waals surface area (Å²) >= 11 is 0. The fourth-order valence-electron chi connectivity index (χ4n) is 0.228. The summed E-state index contributed by atoms with van der Waals surface area (Å²) in [6.45, 7) is 0. The van der Waals surface area contributed by atoms with Gasteiger partial charge in [-0.2, -0.15) is 5.37 Å². The van der Waals surface area contributed by atoms with Crippen LogP contribution in [0.1, 0.15) is 0 Å². The molecule has 0 heterocycles. The van der Waals surface area contributed by atoms with Gasteiger partial charge in [-0.15, -0.1) is 0 Å². The summed E-state index contributed by atoms with van der Waals surface area (Å²) in [7, 11) is 16.1. The van der Waals surface area contributed by atoms with Crippen LogP contribution in [-0.4, -0.2) is 36.6 Å². The van der Waals surface area contributed by atoms with Gasteiger partial charge in [0.25, 0.3) is 0 Å². The summed E-state index contributed by atoms with van der Waals surface area (Å²) in [5, 5.41) is -0.221. The monoisotopic (exact) mass is 116 g/mol. The highest BCUT2D eigenvalue weighted by Crippen LogP contribution is 1.92. The molecule has 0 atom stereocenters. The molecule has 0 bridgehead atoms. The van der Waals surface area contributed by atoms with Crippen molar-refractivity contribution in [3.05, 3.63) is 10.8 Å². The van der Waals surface area contributed by atoms with Crippen LogP contribution in [0.3, 0.4) is 0 Å². The van der Waals surface area contributed by atoms with Gasteiger partial charge in [0, 0.05) is 0 Å². The lowest BCUT2D eigenvalue weighted by molar-refractivity contribution is -0.135. The molecular formula is C4H3B3O2. The quantitative estimate of drug-likeness (QED) is 0.245. The molecule has 9 heavy (non-hydrogen) atoms. The van der Waals surface area contributed by atoms with Gasteiger partial charge in [0.2, 0.25) is 0 Å². The van der Waals surface area contributed by atoms with Crippen molar-refractivity contribution in [3.8, 4) is 0 Å². The average molecular weight is 116 g/mol. The molecule has 0 aromatic heterocycles. The number of carbonyl (C=O) groups is 1. The fourth-order valence-corrected chi connectivity index (χ4v) is 0.228. The topological polar surface area (TPSA) is 26.3 Å². The summed E-state index contributed by atoms with van der Waals surface area (Å²) in [6, 6.07) is 0. The molecule has 0 saturated heterocycles. The highest BCUT2D eigenvalue weighted by atomic mass is 16.5. The Morgan fingerprint density at radius 2 is 1.78 bits per heavy atom. The zero-order valence-corrected chi connectivity index (χ0v) is 5.05. The second kappa shape index (κ2) is 3.43. The van der Waals surface area contributed by atoms with Crippen LogP contribution in [0.25, 0.3) is 0 Å². The van der Waals surface area contributed by atoms with Gasteiger partial charge in [-0.1, -0.05) is 0 Å². The normalized spacial score (nSPS) is 8.11. The Bertz CT molecular complexity index is 148. The molecule has 0 spiro atoms. The van der Waals surface area contributed by atoms with E-state index in [9.17, 15) is 4.79 Å². The van der Waals surface area contributed by atoms with Crippen LogP contribution < -0.4 is 0 Å². The summed E-state index contributed by atoms with van der Waals surface area (Å²) in [5.74, 6) is -0.713. The Morgan fingerprint density at radius 1 is 1.33 bits per heavy atom. The van der Waals surface area contributed by atoms with E-state index in [2.05, 4.69) is 4.74 Å².